The monoisotopic (exact) mass is 288 g/mol. The first-order valence-electron chi connectivity index (χ1n) is 7.39. The Labute approximate surface area is 123 Å². The molecule has 1 aliphatic heterocycles. The van der Waals surface area contributed by atoms with Crippen molar-refractivity contribution >= 4 is 17.5 Å². The summed E-state index contributed by atoms with van der Waals surface area (Å²) in [7, 11) is 0. The van der Waals surface area contributed by atoms with Crippen LogP contribution in [0.4, 0.5) is 5.69 Å². The van der Waals surface area contributed by atoms with Gasteiger partial charge in [0, 0.05) is 24.7 Å². The highest BCUT2D eigenvalue weighted by Gasteiger charge is 2.44. The maximum atomic E-state index is 12.2. The van der Waals surface area contributed by atoms with E-state index in [1.165, 1.54) is 0 Å². The van der Waals surface area contributed by atoms with Crippen molar-refractivity contribution in [3.05, 3.63) is 29.8 Å². The molecule has 112 valence electrons. The average molecular weight is 288 g/mol. The molecule has 0 spiro atoms. The van der Waals surface area contributed by atoms with Crippen molar-refractivity contribution in [2.24, 2.45) is 11.8 Å². The summed E-state index contributed by atoms with van der Waals surface area (Å²) in [6.45, 7) is 3.04. The molecule has 0 bridgehead atoms. The van der Waals surface area contributed by atoms with Crippen LogP contribution in [0.3, 0.4) is 0 Å². The number of aliphatic hydroxyl groups excluding tert-OH is 1. The molecule has 3 unspecified atom stereocenters. The smallest absolute Gasteiger partial charge is 0.313 e. The van der Waals surface area contributed by atoms with E-state index in [-0.39, 0.29) is 12.0 Å². The minimum atomic E-state index is -0.603. The van der Waals surface area contributed by atoms with Crippen LogP contribution in [0.5, 0.6) is 0 Å². The van der Waals surface area contributed by atoms with Crippen molar-refractivity contribution in [1.29, 1.82) is 0 Å². The van der Waals surface area contributed by atoms with E-state index in [0.717, 1.165) is 18.4 Å². The number of likely N-dealkylation sites (tertiary alicyclic amines) is 1. The Morgan fingerprint density at radius 3 is 2.57 bits per heavy atom. The van der Waals surface area contributed by atoms with Crippen molar-refractivity contribution in [3.8, 4) is 0 Å². The van der Waals surface area contributed by atoms with Gasteiger partial charge in [0.2, 0.25) is 0 Å². The molecule has 1 aliphatic carbocycles. The minimum absolute atomic E-state index is 0.140. The number of nitrogens with one attached hydrogen (secondary N) is 1. The predicted molar refractivity (Wildman–Crippen MR) is 78.6 cm³/mol. The average Bonchev–Trinajstić information content (AvgIpc) is 3.03. The molecule has 5 heteroatoms. The zero-order valence-electron chi connectivity index (χ0n) is 12.1. The van der Waals surface area contributed by atoms with Crippen molar-refractivity contribution in [3.63, 3.8) is 0 Å². The summed E-state index contributed by atoms with van der Waals surface area (Å²) in [6.07, 6.45) is 1.43. The molecule has 1 heterocycles. The second-order valence-corrected chi connectivity index (χ2v) is 6.10. The molecule has 2 fully saturated rings. The van der Waals surface area contributed by atoms with Crippen LogP contribution in [0.2, 0.25) is 0 Å². The standard InChI is InChI=1S/C16H20N2O3/c1-10-2-5-12(6-3-10)17-15(20)16(21)18-8-11-4-7-14(19)13(11)9-18/h2-3,5-6,11,13-14,19H,4,7-9H2,1H3,(H,17,20). The van der Waals surface area contributed by atoms with E-state index in [9.17, 15) is 14.7 Å². The largest absolute Gasteiger partial charge is 0.393 e. The Morgan fingerprint density at radius 1 is 1.19 bits per heavy atom. The number of anilines is 1. The molecule has 1 saturated heterocycles. The van der Waals surface area contributed by atoms with Crippen LogP contribution < -0.4 is 5.32 Å². The van der Waals surface area contributed by atoms with Crippen LogP contribution in [-0.4, -0.2) is 41.0 Å². The number of nitrogens with zero attached hydrogens (tertiary/aromatic N) is 1. The lowest BCUT2D eigenvalue weighted by molar-refractivity contribution is -0.142. The molecular formula is C16H20N2O3. The van der Waals surface area contributed by atoms with E-state index in [2.05, 4.69) is 5.32 Å². The molecule has 0 radical (unpaired) electrons. The van der Waals surface area contributed by atoms with Crippen LogP contribution in [0.25, 0.3) is 0 Å². The fraction of sp³-hybridized carbons (Fsp3) is 0.500. The van der Waals surface area contributed by atoms with Crippen molar-refractivity contribution in [2.45, 2.75) is 25.9 Å². The fourth-order valence-electron chi connectivity index (χ4n) is 3.37. The van der Waals surface area contributed by atoms with Crippen LogP contribution in [0.1, 0.15) is 18.4 Å². The summed E-state index contributed by atoms with van der Waals surface area (Å²) in [5.74, 6) is -0.622. The summed E-state index contributed by atoms with van der Waals surface area (Å²) in [4.78, 5) is 25.8. The number of fused-ring (bicyclic) bond motifs is 1. The second-order valence-electron chi connectivity index (χ2n) is 6.10. The highest BCUT2D eigenvalue weighted by molar-refractivity contribution is 6.39. The van der Waals surface area contributed by atoms with Gasteiger partial charge in [0.1, 0.15) is 0 Å². The number of amides is 2. The Bertz CT molecular complexity index is 555. The number of carbonyl (C=O) groups excluding carboxylic acids is 2. The summed E-state index contributed by atoms with van der Waals surface area (Å²) in [5, 5.41) is 12.5. The Hall–Kier alpha value is -1.88. The van der Waals surface area contributed by atoms with E-state index in [1.54, 1.807) is 17.0 Å². The van der Waals surface area contributed by atoms with Crippen molar-refractivity contribution in [1.82, 2.24) is 4.90 Å². The van der Waals surface area contributed by atoms with Gasteiger partial charge in [0.25, 0.3) is 0 Å². The lowest BCUT2D eigenvalue weighted by Crippen LogP contribution is -2.39. The highest BCUT2D eigenvalue weighted by atomic mass is 16.3. The van der Waals surface area contributed by atoms with Gasteiger partial charge in [0.05, 0.1) is 6.10 Å². The van der Waals surface area contributed by atoms with Crippen LogP contribution in [-0.2, 0) is 9.59 Å². The molecule has 3 rings (SSSR count). The Kier molecular flexibility index (Phi) is 3.68. The summed E-state index contributed by atoms with van der Waals surface area (Å²) in [5.41, 5.74) is 1.72. The van der Waals surface area contributed by atoms with E-state index in [1.807, 2.05) is 19.1 Å². The van der Waals surface area contributed by atoms with E-state index < -0.39 is 11.8 Å². The first-order valence-corrected chi connectivity index (χ1v) is 7.39. The third-order valence-electron chi connectivity index (χ3n) is 4.61. The molecule has 21 heavy (non-hydrogen) atoms. The Balaban J connectivity index is 1.60. The summed E-state index contributed by atoms with van der Waals surface area (Å²) < 4.78 is 0. The first-order chi connectivity index (χ1) is 10.0. The van der Waals surface area contributed by atoms with Crippen molar-refractivity contribution < 1.29 is 14.7 Å². The molecule has 1 aromatic rings. The molecule has 3 atom stereocenters. The van der Waals surface area contributed by atoms with Gasteiger partial charge in [-0.2, -0.15) is 0 Å². The highest BCUT2D eigenvalue weighted by Crippen LogP contribution is 2.38. The molecule has 0 aromatic heterocycles. The van der Waals surface area contributed by atoms with Crippen molar-refractivity contribution in [2.75, 3.05) is 18.4 Å². The zero-order valence-corrected chi connectivity index (χ0v) is 12.1. The number of aliphatic hydroxyl groups is 1. The summed E-state index contributed by atoms with van der Waals surface area (Å²) >= 11 is 0. The van der Waals surface area contributed by atoms with Gasteiger partial charge in [-0.1, -0.05) is 17.7 Å². The van der Waals surface area contributed by atoms with Crippen LogP contribution in [0, 0.1) is 18.8 Å². The van der Waals surface area contributed by atoms with E-state index >= 15 is 0 Å². The molecule has 5 nitrogen and oxygen atoms in total. The zero-order chi connectivity index (χ0) is 15.0. The van der Waals surface area contributed by atoms with E-state index in [4.69, 9.17) is 0 Å². The maximum absolute atomic E-state index is 12.2. The molecule has 1 saturated carbocycles. The topological polar surface area (TPSA) is 69.6 Å². The number of aryl methyl sites for hydroxylation is 1. The first kappa shape index (κ1) is 14.1. The lowest BCUT2D eigenvalue weighted by Gasteiger charge is -2.17. The van der Waals surface area contributed by atoms with Gasteiger partial charge in [-0.15, -0.1) is 0 Å². The molecule has 2 N–H and O–H groups in total. The second kappa shape index (κ2) is 5.48. The van der Waals surface area contributed by atoms with Gasteiger partial charge in [-0.25, -0.2) is 0 Å². The van der Waals surface area contributed by atoms with Gasteiger partial charge in [-0.05, 0) is 37.8 Å². The van der Waals surface area contributed by atoms with Crippen LogP contribution >= 0.6 is 0 Å². The SMILES string of the molecule is Cc1ccc(NC(=O)C(=O)N2CC3CCC(O)C3C2)cc1. The fourth-order valence-corrected chi connectivity index (χ4v) is 3.37. The third-order valence-corrected chi connectivity index (χ3v) is 4.61. The normalized spacial score (nSPS) is 27.5. The summed E-state index contributed by atoms with van der Waals surface area (Å²) in [6, 6.07) is 7.33. The minimum Gasteiger partial charge on any atom is -0.393 e. The van der Waals surface area contributed by atoms with Gasteiger partial charge >= 0.3 is 11.8 Å². The van der Waals surface area contributed by atoms with Gasteiger partial charge < -0.3 is 15.3 Å². The number of benzene rings is 1. The number of hydrogen-bond acceptors (Lipinski definition) is 3. The van der Waals surface area contributed by atoms with Gasteiger partial charge in [-0.3, -0.25) is 9.59 Å². The van der Waals surface area contributed by atoms with Gasteiger partial charge in [0.15, 0.2) is 0 Å². The number of rotatable bonds is 1. The number of hydrogen-bond donors (Lipinski definition) is 2. The molecule has 2 aliphatic rings. The molecular weight excluding hydrogens is 268 g/mol. The lowest BCUT2D eigenvalue weighted by atomic mass is 10.00. The van der Waals surface area contributed by atoms with E-state index in [0.29, 0.717) is 24.7 Å². The third kappa shape index (κ3) is 2.78. The predicted octanol–water partition coefficient (Wildman–Crippen LogP) is 1.16. The maximum Gasteiger partial charge on any atom is 0.313 e. The Morgan fingerprint density at radius 2 is 1.90 bits per heavy atom. The quantitative estimate of drug-likeness (QED) is 0.762. The molecule has 1 aromatic carbocycles. The van der Waals surface area contributed by atoms with Crippen LogP contribution in [0.15, 0.2) is 24.3 Å². The molecule has 2 amide bonds. The number of carbonyl (C=O) groups is 2.